The summed E-state index contributed by atoms with van der Waals surface area (Å²) in [6.07, 6.45) is 3.03. The third kappa shape index (κ3) is 4.14. The molecule has 0 spiro atoms. The first kappa shape index (κ1) is 12.0. The van der Waals surface area contributed by atoms with Crippen LogP contribution in [-0.2, 0) is 0 Å². The average molecular weight is 188 g/mol. The second kappa shape index (κ2) is 4.90. The van der Waals surface area contributed by atoms with Gasteiger partial charge in [0.05, 0.1) is 0 Å². The summed E-state index contributed by atoms with van der Waals surface area (Å²) in [7, 11) is 0. The van der Waals surface area contributed by atoms with E-state index in [1.807, 2.05) is 13.8 Å². The van der Waals surface area contributed by atoms with Gasteiger partial charge in [0.15, 0.2) is 0 Å². The zero-order valence-corrected chi connectivity index (χ0v) is 9.08. The van der Waals surface area contributed by atoms with E-state index in [0.717, 1.165) is 17.7 Å². The van der Waals surface area contributed by atoms with Crippen LogP contribution >= 0.6 is 11.8 Å². The van der Waals surface area contributed by atoms with Gasteiger partial charge in [-0.1, -0.05) is 6.58 Å². The van der Waals surface area contributed by atoms with E-state index in [9.17, 15) is 0 Å². The second-order valence-corrected chi connectivity index (χ2v) is 4.62. The molecule has 3 heteroatoms. The molecule has 0 heterocycles. The Hall–Kier alpha value is 0.01000. The number of rotatable bonds is 5. The van der Waals surface area contributed by atoms with Crippen molar-refractivity contribution in [3.8, 4) is 0 Å². The van der Waals surface area contributed by atoms with Crippen LogP contribution in [0.4, 0.5) is 0 Å². The zero-order valence-electron chi connectivity index (χ0n) is 8.26. The molecule has 0 amide bonds. The molecule has 0 saturated carbocycles. The molecule has 4 N–H and O–H groups in total. The monoisotopic (exact) mass is 188 g/mol. The molecule has 72 valence electrons. The highest BCUT2D eigenvalue weighted by molar-refractivity contribution is 7.98. The molecule has 0 rings (SSSR count). The summed E-state index contributed by atoms with van der Waals surface area (Å²) in [5.74, 6) is 1.07. The maximum Gasteiger partial charge on any atom is 0.0324 e. The maximum atomic E-state index is 5.90. The molecule has 0 aliphatic carbocycles. The molecule has 12 heavy (non-hydrogen) atoms. The Kier molecular flexibility index (Phi) is 4.90. The van der Waals surface area contributed by atoms with E-state index in [1.165, 1.54) is 0 Å². The Morgan fingerprint density at radius 3 is 2.42 bits per heavy atom. The summed E-state index contributed by atoms with van der Waals surface area (Å²) in [5, 5.41) is 0. The minimum atomic E-state index is -0.349. The predicted octanol–water partition coefficient (Wildman–Crippen LogP) is 1.36. The van der Waals surface area contributed by atoms with Crippen LogP contribution in [-0.4, -0.2) is 23.6 Å². The normalized spacial score (nSPS) is 14.4. The predicted molar refractivity (Wildman–Crippen MR) is 58.4 cm³/mol. The fraction of sp³-hybridized carbons (Fsp3) is 0.778. The molecule has 0 aromatic rings. The van der Waals surface area contributed by atoms with Crippen LogP contribution in [0.1, 0.15) is 20.3 Å². The van der Waals surface area contributed by atoms with Gasteiger partial charge < -0.3 is 11.5 Å². The molecule has 0 saturated heterocycles. The fourth-order valence-corrected chi connectivity index (χ4v) is 1.39. The van der Waals surface area contributed by atoms with Gasteiger partial charge in [0.2, 0.25) is 0 Å². The van der Waals surface area contributed by atoms with Crippen molar-refractivity contribution in [1.29, 1.82) is 0 Å². The zero-order chi connectivity index (χ0) is 9.78. The van der Waals surface area contributed by atoms with E-state index < -0.39 is 0 Å². The SMILES string of the molecule is C=C([C@@H](N)CCSC)C(C)(C)N. The summed E-state index contributed by atoms with van der Waals surface area (Å²) in [6.45, 7) is 7.80. The Bertz CT molecular complexity index is 149. The Morgan fingerprint density at radius 1 is 1.58 bits per heavy atom. The van der Waals surface area contributed by atoms with Gasteiger partial charge in [-0.15, -0.1) is 0 Å². The van der Waals surface area contributed by atoms with Gasteiger partial charge in [0.25, 0.3) is 0 Å². The molecule has 0 unspecified atom stereocenters. The molecular weight excluding hydrogens is 168 g/mol. The summed E-state index contributed by atoms with van der Waals surface area (Å²) in [5.41, 5.74) is 12.4. The quantitative estimate of drug-likeness (QED) is 0.641. The highest BCUT2D eigenvalue weighted by Crippen LogP contribution is 2.16. The lowest BCUT2D eigenvalue weighted by molar-refractivity contribution is 0.546. The Balaban J connectivity index is 3.94. The number of thioether (sulfide) groups is 1. The second-order valence-electron chi connectivity index (χ2n) is 3.63. The highest BCUT2D eigenvalue weighted by Gasteiger charge is 2.20. The molecule has 0 aromatic heterocycles. The topological polar surface area (TPSA) is 52.0 Å². The molecule has 0 aliphatic rings. The minimum absolute atomic E-state index is 0.0393. The van der Waals surface area contributed by atoms with Gasteiger partial charge >= 0.3 is 0 Å². The third-order valence-corrected chi connectivity index (χ3v) is 2.55. The van der Waals surface area contributed by atoms with E-state index in [4.69, 9.17) is 11.5 Å². The van der Waals surface area contributed by atoms with Crippen LogP contribution in [0.2, 0.25) is 0 Å². The van der Waals surface area contributed by atoms with E-state index in [-0.39, 0.29) is 11.6 Å². The largest absolute Gasteiger partial charge is 0.324 e. The van der Waals surface area contributed by atoms with Crippen LogP contribution in [0.3, 0.4) is 0 Å². The van der Waals surface area contributed by atoms with Gasteiger partial charge in [0.1, 0.15) is 0 Å². The van der Waals surface area contributed by atoms with E-state index >= 15 is 0 Å². The van der Waals surface area contributed by atoms with Gasteiger partial charge in [0, 0.05) is 11.6 Å². The smallest absolute Gasteiger partial charge is 0.0324 e. The molecule has 0 bridgehead atoms. The number of nitrogens with two attached hydrogens (primary N) is 2. The van der Waals surface area contributed by atoms with Crippen molar-refractivity contribution in [1.82, 2.24) is 0 Å². The third-order valence-electron chi connectivity index (χ3n) is 1.91. The van der Waals surface area contributed by atoms with E-state index in [1.54, 1.807) is 11.8 Å². The van der Waals surface area contributed by atoms with Crippen molar-refractivity contribution in [2.24, 2.45) is 11.5 Å². The Labute approximate surface area is 79.8 Å². The van der Waals surface area contributed by atoms with E-state index in [0.29, 0.717) is 0 Å². The van der Waals surface area contributed by atoms with Gasteiger partial charge in [-0.05, 0) is 37.9 Å². The van der Waals surface area contributed by atoms with Crippen molar-refractivity contribution in [2.45, 2.75) is 31.8 Å². The first-order chi connectivity index (χ1) is 5.39. The van der Waals surface area contributed by atoms with Crippen molar-refractivity contribution < 1.29 is 0 Å². The van der Waals surface area contributed by atoms with Crippen molar-refractivity contribution in [3.63, 3.8) is 0 Å². The average Bonchev–Trinajstić information content (AvgIpc) is 1.97. The summed E-state index contributed by atoms with van der Waals surface area (Å²) < 4.78 is 0. The lowest BCUT2D eigenvalue weighted by Gasteiger charge is -2.26. The summed E-state index contributed by atoms with van der Waals surface area (Å²) in [6, 6.07) is 0.0393. The van der Waals surface area contributed by atoms with Gasteiger partial charge in [-0.25, -0.2) is 0 Å². The first-order valence-electron chi connectivity index (χ1n) is 4.12. The van der Waals surface area contributed by atoms with Crippen molar-refractivity contribution in [3.05, 3.63) is 12.2 Å². The molecular formula is C9H20N2S. The molecule has 0 aliphatic heterocycles. The molecule has 1 atom stereocenters. The molecule has 0 fully saturated rings. The maximum absolute atomic E-state index is 5.90. The van der Waals surface area contributed by atoms with Gasteiger partial charge in [-0.3, -0.25) is 0 Å². The molecule has 2 nitrogen and oxygen atoms in total. The van der Waals surface area contributed by atoms with Gasteiger partial charge in [-0.2, -0.15) is 11.8 Å². The van der Waals surface area contributed by atoms with Crippen LogP contribution in [0, 0.1) is 0 Å². The van der Waals surface area contributed by atoms with Crippen molar-refractivity contribution >= 4 is 11.8 Å². The standard InChI is InChI=1S/C9H20N2S/c1-7(9(2,3)11)8(10)5-6-12-4/h8H,1,5-6,10-11H2,2-4H3/t8-/m0/s1. The van der Waals surface area contributed by atoms with Crippen LogP contribution < -0.4 is 11.5 Å². The van der Waals surface area contributed by atoms with Crippen LogP contribution in [0.15, 0.2) is 12.2 Å². The van der Waals surface area contributed by atoms with Crippen molar-refractivity contribution in [2.75, 3.05) is 12.0 Å². The number of hydrogen-bond acceptors (Lipinski definition) is 3. The Morgan fingerprint density at radius 2 is 2.08 bits per heavy atom. The summed E-state index contributed by atoms with van der Waals surface area (Å²) >= 11 is 1.80. The number of hydrogen-bond donors (Lipinski definition) is 2. The fourth-order valence-electron chi connectivity index (χ4n) is 0.897. The van der Waals surface area contributed by atoms with Crippen LogP contribution in [0.25, 0.3) is 0 Å². The highest BCUT2D eigenvalue weighted by atomic mass is 32.2. The van der Waals surface area contributed by atoms with Crippen LogP contribution in [0.5, 0.6) is 0 Å². The molecule has 0 aromatic carbocycles. The lowest BCUT2D eigenvalue weighted by atomic mass is 9.90. The lowest BCUT2D eigenvalue weighted by Crippen LogP contribution is -2.42. The molecule has 0 radical (unpaired) electrons. The minimum Gasteiger partial charge on any atom is -0.324 e. The summed E-state index contributed by atoms with van der Waals surface area (Å²) in [4.78, 5) is 0. The first-order valence-corrected chi connectivity index (χ1v) is 5.51. The van der Waals surface area contributed by atoms with E-state index in [2.05, 4.69) is 12.8 Å².